The molecule has 4 nitrogen and oxygen atoms in total. The van der Waals surface area contributed by atoms with E-state index >= 15 is 0 Å². The Balaban J connectivity index is 2.09. The van der Waals surface area contributed by atoms with Gasteiger partial charge in [0.15, 0.2) is 0 Å². The number of likely N-dealkylation sites (N-methyl/N-ethyl adjacent to an activating group) is 1. The molecule has 128 valence electrons. The summed E-state index contributed by atoms with van der Waals surface area (Å²) in [6.07, 6.45) is 0. The minimum Gasteiger partial charge on any atom is -0.497 e. The smallest absolute Gasteiger partial charge is 0.254 e. The second-order valence-electron chi connectivity index (χ2n) is 5.59. The molecule has 0 saturated carbocycles. The maximum atomic E-state index is 14.3. The molecule has 2 rings (SSSR count). The van der Waals surface area contributed by atoms with E-state index in [-0.39, 0.29) is 11.6 Å². The molecule has 0 aromatic heterocycles. The molecule has 2 N–H and O–H groups in total. The van der Waals surface area contributed by atoms with Crippen molar-refractivity contribution in [2.45, 2.75) is 19.9 Å². The van der Waals surface area contributed by atoms with Gasteiger partial charge in [0.25, 0.3) is 5.91 Å². The third kappa shape index (κ3) is 4.55. The van der Waals surface area contributed by atoms with Crippen LogP contribution in [0.3, 0.4) is 0 Å². The third-order valence-electron chi connectivity index (χ3n) is 3.76. The number of hydrogen-bond donors (Lipinski definition) is 2. The molecule has 1 atom stereocenters. The molecule has 2 aromatic carbocycles. The third-order valence-corrected chi connectivity index (χ3v) is 3.76. The van der Waals surface area contributed by atoms with E-state index in [1.807, 2.05) is 38.1 Å². The Morgan fingerprint density at radius 2 is 1.83 bits per heavy atom. The van der Waals surface area contributed by atoms with Crippen LogP contribution in [0, 0.1) is 5.82 Å². The van der Waals surface area contributed by atoms with E-state index in [0.29, 0.717) is 12.1 Å². The molecule has 24 heavy (non-hydrogen) atoms. The van der Waals surface area contributed by atoms with Crippen LogP contribution in [0.2, 0.25) is 0 Å². The van der Waals surface area contributed by atoms with Crippen molar-refractivity contribution in [1.29, 1.82) is 0 Å². The number of carbonyl (C=O) groups excluding carboxylic acids is 1. The van der Waals surface area contributed by atoms with Gasteiger partial charge in [0, 0.05) is 12.6 Å². The molecule has 5 heteroatoms. The molecule has 0 aliphatic carbocycles. The summed E-state index contributed by atoms with van der Waals surface area (Å²) in [5, 5.41) is 5.93. The Labute approximate surface area is 142 Å². The van der Waals surface area contributed by atoms with Crippen LogP contribution in [-0.2, 0) is 0 Å². The summed E-state index contributed by atoms with van der Waals surface area (Å²) >= 11 is 0. The molecule has 0 bridgehead atoms. The summed E-state index contributed by atoms with van der Waals surface area (Å²) < 4.78 is 19.4. The lowest BCUT2D eigenvalue weighted by Gasteiger charge is -2.13. The van der Waals surface area contributed by atoms with Crippen molar-refractivity contribution < 1.29 is 13.9 Å². The number of methoxy groups -OCH3 is 1. The Hall–Kier alpha value is -2.40. The van der Waals surface area contributed by atoms with Gasteiger partial charge in [-0.2, -0.15) is 0 Å². The first-order valence-corrected chi connectivity index (χ1v) is 8.00. The molecule has 0 unspecified atom stereocenters. The molecule has 0 heterocycles. The average Bonchev–Trinajstić information content (AvgIpc) is 2.60. The van der Waals surface area contributed by atoms with Crippen LogP contribution in [0.1, 0.15) is 24.2 Å². The number of amides is 1. The van der Waals surface area contributed by atoms with Crippen molar-refractivity contribution in [3.05, 3.63) is 53.8 Å². The lowest BCUT2D eigenvalue weighted by molar-refractivity contribution is 0.0946. The Kier molecular flexibility index (Phi) is 6.32. The Morgan fingerprint density at radius 3 is 2.42 bits per heavy atom. The van der Waals surface area contributed by atoms with Gasteiger partial charge in [-0.25, -0.2) is 4.39 Å². The van der Waals surface area contributed by atoms with E-state index in [2.05, 4.69) is 10.6 Å². The number of carbonyl (C=O) groups is 1. The predicted molar refractivity (Wildman–Crippen MR) is 93.9 cm³/mol. The highest BCUT2D eigenvalue weighted by Gasteiger charge is 2.13. The van der Waals surface area contributed by atoms with Gasteiger partial charge in [0.2, 0.25) is 0 Å². The number of ether oxygens (including phenoxy) is 1. The van der Waals surface area contributed by atoms with Crippen molar-refractivity contribution in [2.75, 3.05) is 20.2 Å². The zero-order chi connectivity index (χ0) is 17.5. The highest BCUT2D eigenvalue weighted by Crippen LogP contribution is 2.24. The molecular weight excluding hydrogens is 307 g/mol. The molecule has 0 aliphatic heterocycles. The van der Waals surface area contributed by atoms with Crippen LogP contribution in [0.5, 0.6) is 5.75 Å². The highest BCUT2D eigenvalue weighted by atomic mass is 19.1. The maximum Gasteiger partial charge on any atom is 0.254 e. The van der Waals surface area contributed by atoms with Crippen molar-refractivity contribution in [1.82, 2.24) is 10.6 Å². The maximum absolute atomic E-state index is 14.3. The minimum absolute atomic E-state index is 0.0518. The summed E-state index contributed by atoms with van der Waals surface area (Å²) in [5.41, 5.74) is 1.63. The zero-order valence-corrected chi connectivity index (χ0v) is 14.2. The van der Waals surface area contributed by atoms with Gasteiger partial charge in [-0.1, -0.05) is 25.1 Å². The lowest BCUT2D eigenvalue weighted by Crippen LogP contribution is -2.39. The van der Waals surface area contributed by atoms with Gasteiger partial charge in [-0.15, -0.1) is 0 Å². The summed E-state index contributed by atoms with van der Waals surface area (Å²) in [4.78, 5) is 12.1. The van der Waals surface area contributed by atoms with Gasteiger partial charge >= 0.3 is 0 Å². The minimum atomic E-state index is -0.531. The van der Waals surface area contributed by atoms with E-state index in [9.17, 15) is 9.18 Å². The molecule has 1 amide bonds. The number of rotatable bonds is 7. The number of nitrogens with one attached hydrogen (secondary N) is 2. The molecule has 0 spiro atoms. The van der Waals surface area contributed by atoms with E-state index < -0.39 is 11.7 Å². The van der Waals surface area contributed by atoms with Crippen molar-refractivity contribution in [2.24, 2.45) is 0 Å². The lowest BCUT2D eigenvalue weighted by atomic mass is 10.0. The van der Waals surface area contributed by atoms with Gasteiger partial charge in [0.05, 0.1) is 12.7 Å². The zero-order valence-electron chi connectivity index (χ0n) is 14.2. The van der Waals surface area contributed by atoms with Crippen LogP contribution in [0.4, 0.5) is 4.39 Å². The van der Waals surface area contributed by atoms with Crippen molar-refractivity contribution >= 4 is 5.91 Å². The van der Waals surface area contributed by atoms with Crippen LogP contribution in [0.15, 0.2) is 42.5 Å². The predicted octanol–water partition coefficient (Wildman–Crippen LogP) is 3.23. The number of halogens is 1. The second kappa shape index (κ2) is 8.45. The molecule has 0 radical (unpaired) electrons. The molecular formula is C19H23FN2O2. The standard InChI is InChI=1S/C19H23FN2O2/c1-4-21-13(2)12-22-19(23)17-10-7-15(11-18(17)20)14-5-8-16(24-3)9-6-14/h5-11,13,21H,4,12H2,1-3H3,(H,22,23)/t13-/m1/s1. The van der Waals surface area contributed by atoms with Crippen LogP contribution in [-0.4, -0.2) is 32.1 Å². The van der Waals surface area contributed by atoms with E-state index in [0.717, 1.165) is 17.9 Å². The summed E-state index contributed by atoms with van der Waals surface area (Å²) in [6.45, 7) is 5.23. The quantitative estimate of drug-likeness (QED) is 0.819. The molecule has 0 fully saturated rings. The highest BCUT2D eigenvalue weighted by molar-refractivity contribution is 5.95. The summed E-state index contributed by atoms with van der Waals surface area (Å²) in [7, 11) is 1.60. The topological polar surface area (TPSA) is 50.4 Å². The van der Waals surface area contributed by atoms with E-state index in [1.165, 1.54) is 12.1 Å². The number of hydrogen-bond acceptors (Lipinski definition) is 3. The van der Waals surface area contributed by atoms with Gasteiger partial charge < -0.3 is 15.4 Å². The van der Waals surface area contributed by atoms with E-state index in [1.54, 1.807) is 13.2 Å². The summed E-state index contributed by atoms with van der Waals surface area (Å²) in [6, 6.07) is 12.1. The SMILES string of the molecule is CCN[C@H](C)CNC(=O)c1ccc(-c2ccc(OC)cc2)cc1F. The van der Waals surface area contributed by atoms with Crippen LogP contribution >= 0.6 is 0 Å². The van der Waals surface area contributed by atoms with Crippen molar-refractivity contribution in [3.8, 4) is 16.9 Å². The monoisotopic (exact) mass is 330 g/mol. The first-order chi connectivity index (χ1) is 11.5. The largest absolute Gasteiger partial charge is 0.497 e. The fourth-order valence-electron chi connectivity index (χ4n) is 2.42. The second-order valence-corrected chi connectivity index (χ2v) is 5.59. The molecule has 0 aliphatic rings. The summed E-state index contributed by atoms with van der Waals surface area (Å²) in [5.74, 6) is -0.194. The fourth-order valence-corrected chi connectivity index (χ4v) is 2.42. The van der Waals surface area contributed by atoms with Gasteiger partial charge in [-0.3, -0.25) is 4.79 Å². The number of benzene rings is 2. The Morgan fingerprint density at radius 1 is 1.17 bits per heavy atom. The average molecular weight is 330 g/mol. The van der Waals surface area contributed by atoms with E-state index in [4.69, 9.17) is 4.74 Å². The van der Waals surface area contributed by atoms with Crippen LogP contribution < -0.4 is 15.4 Å². The Bertz CT molecular complexity index is 686. The van der Waals surface area contributed by atoms with Gasteiger partial charge in [0.1, 0.15) is 11.6 Å². The molecule has 0 saturated heterocycles. The van der Waals surface area contributed by atoms with Gasteiger partial charge in [-0.05, 0) is 48.9 Å². The van der Waals surface area contributed by atoms with Crippen LogP contribution in [0.25, 0.3) is 11.1 Å². The van der Waals surface area contributed by atoms with Crippen molar-refractivity contribution in [3.63, 3.8) is 0 Å². The normalized spacial score (nSPS) is 11.8. The fraction of sp³-hybridized carbons (Fsp3) is 0.316. The first-order valence-electron chi connectivity index (χ1n) is 8.00. The molecule has 2 aromatic rings. The first kappa shape index (κ1) is 17.9.